The molecule has 0 bridgehead atoms. The van der Waals surface area contributed by atoms with Crippen molar-refractivity contribution in [1.29, 1.82) is 0 Å². The number of hydrogen-bond donors (Lipinski definition) is 0. The molecule has 32 heavy (non-hydrogen) atoms. The van der Waals surface area contributed by atoms with Crippen LogP contribution in [0.4, 0.5) is 0 Å². The lowest BCUT2D eigenvalue weighted by Crippen LogP contribution is -2.49. The summed E-state index contributed by atoms with van der Waals surface area (Å²) in [5.41, 5.74) is 12.4. The first kappa shape index (κ1) is 19.2. The minimum Gasteiger partial charge on any atom is -0.313 e. The minimum absolute atomic E-state index is 0.267. The van der Waals surface area contributed by atoms with Crippen LogP contribution in [0, 0.1) is 0 Å². The van der Waals surface area contributed by atoms with Crippen molar-refractivity contribution >= 4 is 39.7 Å². The maximum Gasteiger partial charge on any atom is 0.243 e. The van der Waals surface area contributed by atoms with Gasteiger partial charge in [0.2, 0.25) is 6.71 Å². The highest BCUT2D eigenvalue weighted by Crippen LogP contribution is 2.37. The molecule has 0 saturated heterocycles. The second kappa shape index (κ2) is 7.56. The molecule has 1 aromatic heterocycles. The van der Waals surface area contributed by atoms with Gasteiger partial charge in [0, 0.05) is 11.4 Å². The van der Waals surface area contributed by atoms with Crippen LogP contribution < -0.4 is 16.4 Å². The van der Waals surface area contributed by atoms with E-state index in [1.54, 1.807) is 0 Å². The van der Waals surface area contributed by atoms with Gasteiger partial charge >= 0.3 is 0 Å². The molecule has 0 radical (unpaired) electrons. The Hall–Kier alpha value is -3.52. The van der Waals surface area contributed by atoms with E-state index in [1.807, 2.05) is 12.2 Å². The smallest absolute Gasteiger partial charge is 0.243 e. The van der Waals surface area contributed by atoms with Gasteiger partial charge in [-0.25, -0.2) is 0 Å². The number of hydrogen-bond acceptors (Lipinski definition) is 0. The second-order valence-corrected chi connectivity index (χ2v) is 8.85. The summed E-state index contributed by atoms with van der Waals surface area (Å²) >= 11 is 0. The van der Waals surface area contributed by atoms with Gasteiger partial charge in [0.1, 0.15) is 0 Å². The number of allylic oxidation sites excluding steroid dienone is 4. The van der Waals surface area contributed by atoms with Gasteiger partial charge < -0.3 is 4.57 Å². The Morgan fingerprint density at radius 2 is 1.62 bits per heavy atom. The largest absolute Gasteiger partial charge is 0.313 e. The van der Waals surface area contributed by atoms with Crippen LogP contribution in [0.1, 0.15) is 24.1 Å². The minimum atomic E-state index is 0.267. The fourth-order valence-corrected chi connectivity index (χ4v) is 5.99. The first-order valence-corrected chi connectivity index (χ1v) is 11.6. The lowest BCUT2D eigenvalue weighted by Gasteiger charge is -2.17. The van der Waals surface area contributed by atoms with Gasteiger partial charge in [0.25, 0.3) is 0 Å². The number of benzene rings is 3. The van der Waals surface area contributed by atoms with Crippen molar-refractivity contribution in [3.63, 3.8) is 0 Å². The molecule has 0 spiro atoms. The third kappa shape index (κ3) is 2.66. The number of rotatable bonds is 4. The summed E-state index contributed by atoms with van der Waals surface area (Å²) < 4.78 is 2.45. The molecule has 1 aliphatic heterocycles. The van der Waals surface area contributed by atoms with Gasteiger partial charge in [-0.2, -0.15) is 0 Å². The first-order valence-electron chi connectivity index (χ1n) is 11.6. The molecule has 3 aromatic carbocycles. The van der Waals surface area contributed by atoms with Crippen LogP contribution in [0.15, 0.2) is 98.1 Å². The molecule has 6 rings (SSSR count). The molecule has 0 unspecified atom stereocenters. The summed E-state index contributed by atoms with van der Waals surface area (Å²) in [7, 11) is 0. The molecular formula is C30H26BN. The third-order valence-electron chi connectivity index (χ3n) is 7.21. The maximum atomic E-state index is 4.12. The summed E-state index contributed by atoms with van der Waals surface area (Å²) in [4.78, 5) is 0. The van der Waals surface area contributed by atoms with E-state index in [-0.39, 0.29) is 6.71 Å². The zero-order chi connectivity index (χ0) is 21.7. The second-order valence-electron chi connectivity index (χ2n) is 8.85. The van der Waals surface area contributed by atoms with Gasteiger partial charge in [-0.1, -0.05) is 96.3 Å². The van der Waals surface area contributed by atoms with Crippen molar-refractivity contribution in [2.75, 3.05) is 0 Å². The number of fused-ring (bicyclic) bond motifs is 7. The van der Waals surface area contributed by atoms with Crippen LogP contribution in [-0.2, 0) is 12.8 Å². The predicted molar refractivity (Wildman–Crippen MR) is 140 cm³/mol. The topological polar surface area (TPSA) is 4.93 Å². The lowest BCUT2D eigenvalue weighted by molar-refractivity contribution is 0.669. The zero-order valence-electron chi connectivity index (χ0n) is 18.4. The quantitative estimate of drug-likeness (QED) is 0.282. The Balaban J connectivity index is 1.75. The average molecular weight is 411 g/mol. The van der Waals surface area contributed by atoms with E-state index >= 15 is 0 Å². The van der Waals surface area contributed by atoms with Crippen molar-refractivity contribution in [3.8, 4) is 11.1 Å². The number of aryl methyl sites for hydroxylation is 1. The molecule has 0 N–H and O–H groups in total. The molecule has 0 atom stereocenters. The Morgan fingerprint density at radius 1 is 0.844 bits per heavy atom. The summed E-state index contributed by atoms with van der Waals surface area (Å²) in [5.74, 6) is 0. The van der Waals surface area contributed by atoms with Gasteiger partial charge in [-0.3, -0.25) is 0 Å². The molecule has 154 valence electrons. The van der Waals surface area contributed by atoms with Crippen LogP contribution in [0.3, 0.4) is 0 Å². The van der Waals surface area contributed by atoms with Crippen molar-refractivity contribution < 1.29 is 0 Å². The summed E-state index contributed by atoms with van der Waals surface area (Å²) in [6, 6.07) is 24.6. The Morgan fingerprint density at radius 3 is 2.44 bits per heavy atom. The molecular weight excluding hydrogens is 385 g/mol. The Bertz CT molecular complexity index is 1400. The van der Waals surface area contributed by atoms with E-state index in [1.165, 1.54) is 62.5 Å². The van der Waals surface area contributed by atoms with E-state index < -0.39 is 0 Å². The van der Waals surface area contributed by atoms with E-state index in [0.29, 0.717) is 0 Å². The highest BCUT2D eigenvalue weighted by Gasteiger charge is 2.37. The summed E-state index contributed by atoms with van der Waals surface area (Å²) in [5, 5.41) is 1.46. The molecule has 2 aliphatic rings. The lowest BCUT2D eigenvalue weighted by atomic mass is 9.38. The highest BCUT2D eigenvalue weighted by atomic mass is 15.0. The summed E-state index contributed by atoms with van der Waals surface area (Å²) in [6.45, 7) is 8.34. The zero-order valence-corrected chi connectivity index (χ0v) is 18.4. The Labute approximate surface area is 190 Å². The van der Waals surface area contributed by atoms with Crippen molar-refractivity contribution in [3.05, 3.63) is 109 Å². The summed E-state index contributed by atoms with van der Waals surface area (Å²) in [6.07, 6.45) is 10.7. The van der Waals surface area contributed by atoms with Crippen LogP contribution in [0.25, 0.3) is 27.7 Å². The van der Waals surface area contributed by atoms with Crippen molar-refractivity contribution in [1.82, 2.24) is 4.57 Å². The fourth-order valence-electron chi connectivity index (χ4n) is 5.99. The average Bonchev–Trinajstić information content (AvgIpc) is 3.36. The standard InChI is InChI=1S/C30H26BN/c1-3-12-22(4-2)32-27-18-11-9-16-25(27)29-28(32)20-19-24-23-15-8-10-17-26(23)31(30(24)29)21-13-6-5-7-14-21/h3-8,10,12-15,17,19-20H,1-2,9,11,16,18H2/b22-12+. The highest BCUT2D eigenvalue weighted by molar-refractivity contribution is 7.00. The SMILES string of the molecule is C=C/C=C(\C=C)n1c2c(c3c4c(ccc31)-c1ccccc1B4c1ccccc1)CCCC2. The number of aromatic nitrogens is 1. The van der Waals surface area contributed by atoms with Gasteiger partial charge in [-0.05, 0) is 66.0 Å². The first-order chi connectivity index (χ1) is 15.8. The number of nitrogens with zero attached hydrogens (tertiary/aromatic N) is 1. The molecule has 1 aliphatic carbocycles. The monoisotopic (exact) mass is 411 g/mol. The van der Waals surface area contributed by atoms with E-state index in [4.69, 9.17) is 0 Å². The third-order valence-corrected chi connectivity index (χ3v) is 7.21. The predicted octanol–water partition coefficient (Wildman–Crippen LogP) is 5.23. The molecule has 1 nitrogen and oxygen atoms in total. The van der Waals surface area contributed by atoms with Gasteiger partial charge in [-0.15, -0.1) is 0 Å². The molecule has 0 saturated carbocycles. The van der Waals surface area contributed by atoms with Crippen LogP contribution in [0.2, 0.25) is 0 Å². The normalized spacial score (nSPS) is 14.8. The molecule has 2 heterocycles. The molecule has 0 amide bonds. The Kier molecular flexibility index (Phi) is 4.54. The van der Waals surface area contributed by atoms with Gasteiger partial charge in [0.15, 0.2) is 0 Å². The molecule has 4 aromatic rings. The van der Waals surface area contributed by atoms with E-state index in [0.717, 1.165) is 18.5 Å². The van der Waals surface area contributed by atoms with Crippen LogP contribution in [0.5, 0.6) is 0 Å². The fraction of sp³-hybridized carbons (Fsp3) is 0.133. The van der Waals surface area contributed by atoms with Crippen LogP contribution in [-0.4, -0.2) is 11.3 Å². The maximum absolute atomic E-state index is 4.12. The van der Waals surface area contributed by atoms with Gasteiger partial charge in [0.05, 0.1) is 5.52 Å². The molecule has 0 fully saturated rings. The van der Waals surface area contributed by atoms with Crippen LogP contribution >= 0.6 is 0 Å². The van der Waals surface area contributed by atoms with E-state index in [9.17, 15) is 0 Å². The van der Waals surface area contributed by atoms with Crippen molar-refractivity contribution in [2.45, 2.75) is 25.7 Å². The molecule has 2 heteroatoms. The van der Waals surface area contributed by atoms with E-state index in [2.05, 4.69) is 90.5 Å². The van der Waals surface area contributed by atoms with Crippen molar-refractivity contribution in [2.24, 2.45) is 0 Å².